The SMILES string of the molecule is CCCNC(C)c1csc(C2CCC(C)CC2)n1. The second-order valence-electron chi connectivity index (χ2n) is 5.74. The Kier molecular flexibility index (Phi) is 5.19. The topological polar surface area (TPSA) is 24.9 Å². The number of thiazole rings is 1. The van der Waals surface area contributed by atoms with Crippen molar-refractivity contribution in [2.24, 2.45) is 5.92 Å². The van der Waals surface area contributed by atoms with Crippen molar-refractivity contribution in [3.8, 4) is 0 Å². The average Bonchev–Trinajstić information content (AvgIpc) is 2.86. The van der Waals surface area contributed by atoms with E-state index in [9.17, 15) is 0 Å². The zero-order chi connectivity index (χ0) is 13.0. The van der Waals surface area contributed by atoms with E-state index in [1.54, 1.807) is 0 Å². The molecular formula is C15H26N2S. The lowest BCUT2D eigenvalue weighted by Crippen LogP contribution is -2.19. The first-order chi connectivity index (χ1) is 8.70. The molecule has 1 aliphatic carbocycles. The van der Waals surface area contributed by atoms with E-state index in [4.69, 9.17) is 4.98 Å². The summed E-state index contributed by atoms with van der Waals surface area (Å²) in [5.74, 6) is 1.66. The molecule has 0 aromatic carbocycles. The second-order valence-corrected chi connectivity index (χ2v) is 6.63. The smallest absolute Gasteiger partial charge is 0.0959 e. The van der Waals surface area contributed by atoms with Gasteiger partial charge in [0.25, 0.3) is 0 Å². The molecule has 2 rings (SSSR count). The monoisotopic (exact) mass is 266 g/mol. The van der Waals surface area contributed by atoms with Gasteiger partial charge in [-0.3, -0.25) is 0 Å². The van der Waals surface area contributed by atoms with E-state index >= 15 is 0 Å². The zero-order valence-electron chi connectivity index (χ0n) is 11.9. The van der Waals surface area contributed by atoms with Crippen LogP contribution in [0, 0.1) is 5.92 Å². The van der Waals surface area contributed by atoms with Gasteiger partial charge < -0.3 is 5.32 Å². The Labute approximate surface area is 115 Å². The summed E-state index contributed by atoms with van der Waals surface area (Å²) in [6.45, 7) is 7.88. The highest BCUT2D eigenvalue weighted by atomic mass is 32.1. The summed E-state index contributed by atoms with van der Waals surface area (Å²) >= 11 is 1.87. The van der Waals surface area contributed by atoms with Crippen molar-refractivity contribution in [1.82, 2.24) is 10.3 Å². The molecule has 1 heterocycles. The predicted molar refractivity (Wildman–Crippen MR) is 79.2 cm³/mol. The third kappa shape index (κ3) is 3.55. The van der Waals surface area contributed by atoms with Gasteiger partial charge in [0.1, 0.15) is 0 Å². The molecule has 1 saturated carbocycles. The van der Waals surface area contributed by atoms with Crippen LogP contribution >= 0.6 is 11.3 Å². The molecule has 0 spiro atoms. The van der Waals surface area contributed by atoms with Crippen LogP contribution in [0.25, 0.3) is 0 Å². The molecule has 0 amide bonds. The predicted octanol–water partition coefficient (Wildman–Crippen LogP) is 4.50. The van der Waals surface area contributed by atoms with Crippen LogP contribution in [0.5, 0.6) is 0 Å². The van der Waals surface area contributed by atoms with Crippen molar-refractivity contribution in [2.75, 3.05) is 6.54 Å². The van der Waals surface area contributed by atoms with Crippen molar-refractivity contribution in [3.63, 3.8) is 0 Å². The molecule has 1 fully saturated rings. The maximum atomic E-state index is 4.87. The molecular weight excluding hydrogens is 240 g/mol. The Balaban J connectivity index is 1.93. The minimum Gasteiger partial charge on any atom is -0.309 e. The number of aromatic nitrogens is 1. The second kappa shape index (κ2) is 6.67. The molecule has 1 aliphatic rings. The average molecular weight is 266 g/mol. The van der Waals surface area contributed by atoms with Crippen molar-refractivity contribution >= 4 is 11.3 Å². The lowest BCUT2D eigenvalue weighted by molar-refractivity contribution is 0.347. The Bertz CT molecular complexity index is 353. The largest absolute Gasteiger partial charge is 0.309 e. The van der Waals surface area contributed by atoms with Crippen LogP contribution in [0.3, 0.4) is 0 Å². The van der Waals surface area contributed by atoms with E-state index in [1.807, 2.05) is 11.3 Å². The van der Waals surface area contributed by atoms with Crippen LogP contribution in [0.4, 0.5) is 0 Å². The zero-order valence-corrected chi connectivity index (χ0v) is 12.7. The normalized spacial score (nSPS) is 26.2. The highest BCUT2D eigenvalue weighted by molar-refractivity contribution is 7.09. The fourth-order valence-electron chi connectivity index (χ4n) is 2.66. The van der Waals surface area contributed by atoms with E-state index in [1.165, 1.54) is 42.8 Å². The van der Waals surface area contributed by atoms with Gasteiger partial charge in [-0.25, -0.2) is 4.98 Å². The standard InChI is InChI=1S/C15H26N2S/c1-4-9-16-12(3)14-10-18-15(17-14)13-7-5-11(2)6-8-13/h10-13,16H,4-9H2,1-3H3. The van der Waals surface area contributed by atoms with E-state index in [0.717, 1.165) is 18.4 Å². The number of hydrogen-bond acceptors (Lipinski definition) is 3. The van der Waals surface area contributed by atoms with Crippen molar-refractivity contribution < 1.29 is 0 Å². The third-order valence-electron chi connectivity index (χ3n) is 4.05. The van der Waals surface area contributed by atoms with Gasteiger partial charge >= 0.3 is 0 Å². The third-order valence-corrected chi connectivity index (χ3v) is 5.07. The molecule has 0 aliphatic heterocycles. The van der Waals surface area contributed by atoms with Crippen molar-refractivity contribution in [1.29, 1.82) is 0 Å². The van der Waals surface area contributed by atoms with Crippen LogP contribution in [-0.2, 0) is 0 Å². The number of nitrogens with zero attached hydrogens (tertiary/aromatic N) is 1. The summed E-state index contributed by atoms with van der Waals surface area (Å²) in [4.78, 5) is 4.87. The fourth-order valence-corrected chi connectivity index (χ4v) is 3.74. The van der Waals surface area contributed by atoms with Gasteiger partial charge in [0, 0.05) is 17.3 Å². The highest BCUT2D eigenvalue weighted by Gasteiger charge is 2.22. The van der Waals surface area contributed by atoms with Gasteiger partial charge in [-0.1, -0.05) is 26.7 Å². The Morgan fingerprint density at radius 3 is 2.78 bits per heavy atom. The molecule has 0 saturated heterocycles. The van der Waals surface area contributed by atoms with Gasteiger partial charge in [0.15, 0.2) is 0 Å². The van der Waals surface area contributed by atoms with E-state index in [0.29, 0.717) is 6.04 Å². The molecule has 102 valence electrons. The molecule has 1 aromatic rings. The van der Waals surface area contributed by atoms with Crippen LogP contribution in [0.2, 0.25) is 0 Å². The molecule has 2 nitrogen and oxygen atoms in total. The quantitative estimate of drug-likeness (QED) is 0.849. The molecule has 3 heteroatoms. The number of nitrogens with one attached hydrogen (secondary N) is 1. The molecule has 1 N–H and O–H groups in total. The van der Waals surface area contributed by atoms with Crippen LogP contribution in [-0.4, -0.2) is 11.5 Å². The molecule has 0 bridgehead atoms. The summed E-state index contributed by atoms with van der Waals surface area (Å²) in [5, 5.41) is 7.14. The van der Waals surface area contributed by atoms with Crippen LogP contribution in [0.1, 0.15) is 75.5 Å². The molecule has 0 radical (unpaired) electrons. The van der Waals surface area contributed by atoms with Crippen molar-refractivity contribution in [3.05, 3.63) is 16.1 Å². The van der Waals surface area contributed by atoms with Gasteiger partial charge in [-0.2, -0.15) is 0 Å². The first-order valence-corrected chi connectivity index (χ1v) is 8.27. The lowest BCUT2D eigenvalue weighted by atomic mass is 9.83. The highest BCUT2D eigenvalue weighted by Crippen LogP contribution is 2.37. The van der Waals surface area contributed by atoms with Crippen LogP contribution in [0.15, 0.2) is 5.38 Å². The minimum absolute atomic E-state index is 0.400. The summed E-state index contributed by atoms with van der Waals surface area (Å²) in [7, 11) is 0. The Morgan fingerprint density at radius 1 is 1.39 bits per heavy atom. The number of rotatable bonds is 5. The Morgan fingerprint density at radius 2 is 2.11 bits per heavy atom. The van der Waals surface area contributed by atoms with E-state index < -0.39 is 0 Å². The van der Waals surface area contributed by atoms with Gasteiger partial charge in [-0.05, 0) is 38.6 Å². The number of hydrogen-bond donors (Lipinski definition) is 1. The van der Waals surface area contributed by atoms with E-state index in [2.05, 4.69) is 31.5 Å². The lowest BCUT2D eigenvalue weighted by Gasteiger charge is -2.24. The van der Waals surface area contributed by atoms with Gasteiger partial charge in [0.2, 0.25) is 0 Å². The van der Waals surface area contributed by atoms with Crippen molar-refractivity contribution in [2.45, 2.75) is 64.8 Å². The molecule has 18 heavy (non-hydrogen) atoms. The molecule has 1 unspecified atom stereocenters. The summed E-state index contributed by atoms with van der Waals surface area (Å²) in [5.41, 5.74) is 1.24. The first-order valence-electron chi connectivity index (χ1n) is 7.39. The summed E-state index contributed by atoms with van der Waals surface area (Å²) in [6.07, 6.45) is 6.62. The van der Waals surface area contributed by atoms with Gasteiger partial charge in [0.05, 0.1) is 10.7 Å². The summed E-state index contributed by atoms with van der Waals surface area (Å²) < 4.78 is 0. The van der Waals surface area contributed by atoms with Crippen LogP contribution < -0.4 is 5.32 Å². The fraction of sp³-hybridized carbons (Fsp3) is 0.800. The Hall–Kier alpha value is -0.410. The van der Waals surface area contributed by atoms with Gasteiger partial charge in [-0.15, -0.1) is 11.3 Å². The van der Waals surface area contributed by atoms with E-state index in [-0.39, 0.29) is 0 Å². The maximum Gasteiger partial charge on any atom is 0.0959 e. The molecule has 1 atom stereocenters. The maximum absolute atomic E-state index is 4.87. The minimum atomic E-state index is 0.400. The summed E-state index contributed by atoms with van der Waals surface area (Å²) in [6, 6.07) is 0.400. The molecule has 1 aromatic heterocycles. The first kappa shape index (κ1) is 14.0.